The van der Waals surface area contributed by atoms with E-state index in [1.807, 2.05) is 12.1 Å². The average molecular weight is 435 g/mol. The number of nitrogens with zero attached hydrogens (tertiary/aromatic N) is 1. The highest BCUT2D eigenvalue weighted by atomic mass is 16.5. The molecular formula is C27H34N2O3. The first-order valence-corrected chi connectivity index (χ1v) is 11.6. The summed E-state index contributed by atoms with van der Waals surface area (Å²) >= 11 is 0. The number of rotatable bonds is 8. The number of carbonyl (C=O) groups is 2. The van der Waals surface area contributed by atoms with Crippen LogP contribution in [-0.2, 0) is 9.53 Å². The third-order valence-corrected chi connectivity index (χ3v) is 6.01. The Morgan fingerprint density at radius 1 is 1.06 bits per heavy atom. The smallest absolute Gasteiger partial charge is 0.338 e. The highest BCUT2D eigenvalue weighted by molar-refractivity contribution is 5.99. The molecule has 170 valence electrons. The number of benzene rings is 2. The predicted octanol–water partition coefficient (Wildman–Crippen LogP) is 5.22. The molecule has 2 aromatic rings. The standard InChI is InChI=1S/C27H34N2O3/c1-4-10-22(24-19(3)11-9-12-23(24)29-17-7-6-8-18-29)25(26(28)30)20-13-15-21(16-14-20)27(31)32-5-2/h9-16,25H,4-8,17-18H2,1-3H3,(H2,28,30)/b22-10+. The summed E-state index contributed by atoms with van der Waals surface area (Å²) in [5, 5.41) is 0. The second-order valence-corrected chi connectivity index (χ2v) is 8.26. The maximum Gasteiger partial charge on any atom is 0.338 e. The van der Waals surface area contributed by atoms with Gasteiger partial charge in [0.2, 0.25) is 5.91 Å². The molecule has 1 atom stereocenters. The van der Waals surface area contributed by atoms with Crippen LogP contribution in [0.1, 0.15) is 72.5 Å². The van der Waals surface area contributed by atoms with Crippen molar-refractivity contribution in [2.24, 2.45) is 5.73 Å². The number of hydrogen-bond donors (Lipinski definition) is 1. The Balaban J connectivity index is 2.07. The molecule has 2 aromatic carbocycles. The zero-order valence-electron chi connectivity index (χ0n) is 19.4. The van der Waals surface area contributed by atoms with Crippen LogP contribution in [0.2, 0.25) is 0 Å². The summed E-state index contributed by atoms with van der Waals surface area (Å²) in [6.45, 7) is 8.30. The molecule has 5 nitrogen and oxygen atoms in total. The molecule has 1 unspecified atom stereocenters. The summed E-state index contributed by atoms with van der Waals surface area (Å²) in [6.07, 6.45) is 6.51. The van der Waals surface area contributed by atoms with Crippen LogP contribution in [-0.4, -0.2) is 31.6 Å². The van der Waals surface area contributed by atoms with E-state index >= 15 is 0 Å². The topological polar surface area (TPSA) is 72.6 Å². The van der Waals surface area contributed by atoms with Gasteiger partial charge in [-0.05, 0) is 74.4 Å². The molecule has 0 bridgehead atoms. The van der Waals surface area contributed by atoms with Gasteiger partial charge in [-0.2, -0.15) is 0 Å². The second kappa shape index (κ2) is 11.0. The van der Waals surface area contributed by atoms with Crippen molar-refractivity contribution in [3.05, 3.63) is 70.8 Å². The highest BCUT2D eigenvalue weighted by Crippen LogP contribution is 2.40. The Bertz CT molecular complexity index is 973. The number of nitrogens with two attached hydrogens (primary N) is 1. The zero-order valence-corrected chi connectivity index (χ0v) is 19.4. The minimum absolute atomic E-state index is 0.320. The lowest BCUT2D eigenvalue weighted by atomic mass is 9.82. The van der Waals surface area contributed by atoms with Gasteiger partial charge in [-0.25, -0.2) is 4.79 Å². The molecule has 0 spiro atoms. The van der Waals surface area contributed by atoms with Crippen LogP contribution in [0.3, 0.4) is 0 Å². The Labute approximate surface area is 191 Å². The van der Waals surface area contributed by atoms with Crippen LogP contribution in [0.15, 0.2) is 48.5 Å². The molecule has 1 amide bonds. The van der Waals surface area contributed by atoms with E-state index in [2.05, 4.69) is 43.0 Å². The summed E-state index contributed by atoms with van der Waals surface area (Å²) in [5.41, 5.74) is 11.5. The first-order chi connectivity index (χ1) is 15.5. The average Bonchev–Trinajstić information content (AvgIpc) is 2.79. The summed E-state index contributed by atoms with van der Waals surface area (Å²) in [5.74, 6) is -1.37. The van der Waals surface area contributed by atoms with Gasteiger partial charge in [-0.3, -0.25) is 4.79 Å². The molecule has 0 aliphatic carbocycles. The van der Waals surface area contributed by atoms with Gasteiger partial charge >= 0.3 is 5.97 Å². The number of hydrogen-bond acceptors (Lipinski definition) is 4. The molecule has 1 saturated heterocycles. The lowest BCUT2D eigenvalue weighted by molar-refractivity contribution is -0.118. The third kappa shape index (κ3) is 5.21. The maximum absolute atomic E-state index is 12.8. The van der Waals surface area contributed by atoms with E-state index in [0.29, 0.717) is 12.2 Å². The molecule has 1 fully saturated rings. The highest BCUT2D eigenvalue weighted by Gasteiger charge is 2.28. The molecule has 1 aliphatic rings. The molecular weight excluding hydrogens is 400 g/mol. The van der Waals surface area contributed by atoms with Gasteiger partial charge in [0, 0.05) is 24.3 Å². The van der Waals surface area contributed by atoms with Crippen molar-refractivity contribution in [2.75, 3.05) is 24.6 Å². The largest absolute Gasteiger partial charge is 0.462 e. The van der Waals surface area contributed by atoms with Crippen LogP contribution in [0.4, 0.5) is 5.69 Å². The molecule has 0 radical (unpaired) electrons. The van der Waals surface area contributed by atoms with Crippen LogP contribution in [0.25, 0.3) is 5.57 Å². The van der Waals surface area contributed by atoms with E-state index in [4.69, 9.17) is 10.5 Å². The van der Waals surface area contributed by atoms with E-state index in [1.165, 1.54) is 24.9 Å². The minimum atomic E-state index is -0.601. The molecule has 1 aliphatic heterocycles. The molecule has 2 N–H and O–H groups in total. The fourth-order valence-corrected chi connectivity index (χ4v) is 4.53. The fraction of sp³-hybridized carbons (Fsp3) is 0.407. The number of ether oxygens (including phenoxy) is 1. The number of piperidine rings is 1. The van der Waals surface area contributed by atoms with Crippen LogP contribution in [0.5, 0.6) is 0 Å². The quantitative estimate of drug-likeness (QED) is 0.578. The third-order valence-electron chi connectivity index (χ3n) is 6.01. The van der Waals surface area contributed by atoms with Crippen LogP contribution in [0, 0.1) is 6.92 Å². The molecule has 3 rings (SSSR count). The van der Waals surface area contributed by atoms with Crippen molar-refractivity contribution in [1.82, 2.24) is 0 Å². The molecule has 0 saturated carbocycles. The Morgan fingerprint density at radius 3 is 2.34 bits per heavy atom. The summed E-state index contributed by atoms with van der Waals surface area (Å²) in [6, 6.07) is 13.4. The zero-order chi connectivity index (χ0) is 23.1. The van der Waals surface area contributed by atoms with Gasteiger partial charge < -0.3 is 15.4 Å². The second-order valence-electron chi connectivity index (χ2n) is 8.26. The number of anilines is 1. The number of carbonyl (C=O) groups excluding carboxylic acids is 2. The van der Waals surface area contributed by atoms with E-state index in [0.717, 1.165) is 41.8 Å². The Morgan fingerprint density at radius 2 is 1.75 bits per heavy atom. The normalized spacial score (nSPS) is 15.3. The number of esters is 1. The molecule has 5 heteroatoms. The summed E-state index contributed by atoms with van der Waals surface area (Å²) in [4.78, 5) is 27.3. The van der Waals surface area contributed by atoms with Crippen molar-refractivity contribution in [2.45, 2.75) is 52.4 Å². The van der Waals surface area contributed by atoms with Gasteiger partial charge in [0.15, 0.2) is 0 Å². The van der Waals surface area contributed by atoms with Crippen LogP contribution < -0.4 is 10.6 Å². The van der Waals surface area contributed by atoms with Crippen molar-refractivity contribution in [3.8, 4) is 0 Å². The SMILES string of the molecule is CC/C=C(\c1c(C)cccc1N1CCCCC1)C(C(N)=O)c1ccc(C(=O)OCC)cc1. The van der Waals surface area contributed by atoms with E-state index in [-0.39, 0.29) is 5.97 Å². The lowest BCUT2D eigenvalue weighted by Gasteiger charge is -2.33. The summed E-state index contributed by atoms with van der Waals surface area (Å²) in [7, 11) is 0. The fourth-order valence-electron chi connectivity index (χ4n) is 4.53. The van der Waals surface area contributed by atoms with Crippen molar-refractivity contribution in [3.63, 3.8) is 0 Å². The molecule has 32 heavy (non-hydrogen) atoms. The maximum atomic E-state index is 12.8. The van der Waals surface area contributed by atoms with Crippen molar-refractivity contribution < 1.29 is 14.3 Å². The van der Waals surface area contributed by atoms with E-state index < -0.39 is 11.8 Å². The Kier molecular flexibility index (Phi) is 8.09. The van der Waals surface area contributed by atoms with Gasteiger partial charge in [0.05, 0.1) is 18.1 Å². The van der Waals surface area contributed by atoms with Gasteiger partial charge in [-0.1, -0.05) is 37.3 Å². The van der Waals surface area contributed by atoms with Crippen molar-refractivity contribution >= 4 is 23.1 Å². The Hall–Kier alpha value is -3.08. The monoisotopic (exact) mass is 434 g/mol. The predicted molar refractivity (Wildman–Crippen MR) is 130 cm³/mol. The molecule has 1 heterocycles. The van der Waals surface area contributed by atoms with Crippen molar-refractivity contribution in [1.29, 1.82) is 0 Å². The van der Waals surface area contributed by atoms with E-state index in [9.17, 15) is 9.59 Å². The first-order valence-electron chi connectivity index (χ1n) is 11.6. The van der Waals surface area contributed by atoms with E-state index in [1.54, 1.807) is 19.1 Å². The van der Waals surface area contributed by atoms with Gasteiger partial charge in [0.1, 0.15) is 0 Å². The van der Waals surface area contributed by atoms with Gasteiger partial charge in [0.25, 0.3) is 0 Å². The minimum Gasteiger partial charge on any atom is -0.462 e. The number of amides is 1. The summed E-state index contributed by atoms with van der Waals surface area (Å²) < 4.78 is 5.08. The van der Waals surface area contributed by atoms with Crippen LogP contribution >= 0.6 is 0 Å². The molecule has 0 aromatic heterocycles. The lowest BCUT2D eigenvalue weighted by Crippen LogP contribution is -2.31. The van der Waals surface area contributed by atoms with Gasteiger partial charge in [-0.15, -0.1) is 0 Å². The first kappa shape index (κ1) is 23.6. The number of aryl methyl sites for hydroxylation is 1. The number of primary amides is 1. The number of allylic oxidation sites excluding steroid dienone is 1.